The number of benzene rings is 2. The molecule has 156 valence electrons. The van der Waals surface area contributed by atoms with Gasteiger partial charge in [-0.2, -0.15) is 5.10 Å². The second-order valence-corrected chi connectivity index (χ2v) is 7.65. The van der Waals surface area contributed by atoms with Crippen molar-refractivity contribution >= 4 is 28.4 Å². The fourth-order valence-electron chi connectivity index (χ4n) is 3.73. The SMILES string of the molecule is CN1CCN(C(=O)c2ccc(Nc3ncnc4c3cnn4-c3ccccc3)cc2)CC1. The van der Waals surface area contributed by atoms with E-state index < -0.39 is 0 Å². The largest absolute Gasteiger partial charge is 0.340 e. The number of hydrogen-bond acceptors (Lipinski definition) is 6. The molecular weight excluding hydrogens is 390 g/mol. The zero-order valence-electron chi connectivity index (χ0n) is 17.3. The molecule has 1 saturated heterocycles. The first kappa shape index (κ1) is 19.2. The molecule has 31 heavy (non-hydrogen) atoms. The maximum absolute atomic E-state index is 12.7. The zero-order chi connectivity index (χ0) is 21.2. The third kappa shape index (κ3) is 3.85. The third-order valence-corrected chi connectivity index (χ3v) is 5.55. The van der Waals surface area contributed by atoms with Gasteiger partial charge < -0.3 is 15.1 Å². The average molecular weight is 413 g/mol. The Morgan fingerprint density at radius 2 is 1.68 bits per heavy atom. The number of hydrogen-bond donors (Lipinski definition) is 1. The van der Waals surface area contributed by atoms with E-state index in [4.69, 9.17) is 0 Å². The van der Waals surface area contributed by atoms with Gasteiger partial charge in [-0.3, -0.25) is 4.79 Å². The molecule has 1 aliphatic rings. The van der Waals surface area contributed by atoms with Gasteiger partial charge in [0.25, 0.3) is 5.91 Å². The Labute approximate surface area is 180 Å². The van der Waals surface area contributed by atoms with Gasteiger partial charge in [0.05, 0.1) is 17.3 Å². The molecule has 0 unspecified atom stereocenters. The molecule has 1 aliphatic heterocycles. The van der Waals surface area contributed by atoms with Crippen molar-refractivity contribution in [1.29, 1.82) is 0 Å². The van der Waals surface area contributed by atoms with Crippen molar-refractivity contribution in [2.24, 2.45) is 0 Å². The average Bonchev–Trinajstić information content (AvgIpc) is 3.25. The van der Waals surface area contributed by atoms with Gasteiger partial charge in [-0.1, -0.05) is 18.2 Å². The molecule has 0 spiro atoms. The Kier molecular flexibility index (Phi) is 5.05. The lowest BCUT2D eigenvalue weighted by atomic mass is 10.1. The molecule has 8 nitrogen and oxygen atoms in total. The highest BCUT2D eigenvalue weighted by molar-refractivity contribution is 5.95. The summed E-state index contributed by atoms with van der Waals surface area (Å²) in [5.41, 5.74) is 3.21. The normalized spacial score (nSPS) is 14.7. The summed E-state index contributed by atoms with van der Waals surface area (Å²) in [6.45, 7) is 3.34. The molecule has 1 amide bonds. The van der Waals surface area contributed by atoms with Crippen molar-refractivity contribution < 1.29 is 4.79 Å². The summed E-state index contributed by atoms with van der Waals surface area (Å²) in [7, 11) is 2.08. The van der Waals surface area contributed by atoms with Gasteiger partial charge >= 0.3 is 0 Å². The number of likely N-dealkylation sites (N-methyl/N-ethyl adjacent to an activating group) is 1. The van der Waals surface area contributed by atoms with Crippen LogP contribution >= 0.6 is 0 Å². The molecule has 1 fully saturated rings. The van der Waals surface area contributed by atoms with Gasteiger partial charge in [-0.05, 0) is 43.4 Å². The van der Waals surface area contributed by atoms with Crippen molar-refractivity contribution in [2.45, 2.75) is 0 Å². The summed E-state index contributed by atoms with van der Waals surface area (Å²) in [4.78, 5) is 25.7. The molecule has 0 aliphatic carbocycles. The molecule has 1 N–H and O–H groups in total. The minimum atomic E-state index is 0.0771. The van der Waals surface area contributed by atoms with Crippen LogP contribution < -0.4 is 5.32 Å². The molecule has 5 rings (SSSR count). The maximum atomic E-state index is 12.7. The number of aromatic nitrogens is 4. The van der Waals surface area contributed by atoms with Crippen molar-refractivity contribution in [3.63, 3.8) is 0 Å². The summed E-state index contributed by atoms with van der Waals surface area (Å²) in [6.07, 6.45) is 3.28. The second kappa shape index (κ2) is 8.16. The van der Waals surface area contributed by atoms with Crippen molar-refractivity contribution in [2.75, 3.05) is 38.5 Å². The van der Waals surface area contributed by atoms with E-state index in [1.165, 1.54) is 6.33 Å². The molecule has 0 atom stereocenters. The first-order valence-electron chi connectivity index (χ1n) is 10.3. The van der Waals surface area contributed by atoms with Crippen LogP contribution in [0.3, 0.4) is 0 Å². The summed E-state index contributed by atoms with van der Waals surface area (Å²) in [5, 5.41) is 8.63. The van der Waals surface area contributed by atoms with Crippen molar-refractivity contribution in [3.05, 3.63) is 72.7 Å². The highest BCUT2D eigenvalue weighted by Gasteiger charge is 2.20. The summed E-state index contributed by atoms with van der Waals surface area (Å²) in [6, 6.07) is 17.4. The minimum Gasteiger partial charge on any atom is -0.340 e. The molecule has 0 radical (unpaired) electrons. The highest BCUT2D eigenvalue weighted by atomic mass is 16.2. The third-order valence-electron chi connectivity index (χ3n) is 5.55. The smallest absolute Gasteiger partial charge is 0.253 e. The lowest BCUT2D eigenvalue weighted by Gasteiger charge is -2.32. The standard InChI is InChI=1S/C23H23N7O/c1-28-11-13-29(14-12-28)23(31)17-7-9-18(10-8-17)27-21-20-15-26-30(22(20)25-16-24-21)19-5-3-2-4-6-19/h2-10,15-16H,11-14H2,1H3,(H,24,25,27). The number of anilines is 2. The number of para-hydroxylation sites is 1. The van der Waals surface area contributed by atoms with Crippen molar-refractivity contribution in [1.82, 2.24) is 29.5 Å². The van der Waals surface area contributed by atoms with Crippen molar-refractivity contribution in [3.8, 4) is 5.69 Å². The molecule has 8 heteroatoms. The summed E-state index contributed by atoms with van der Waals surface area (Å²) in [5.74, 6) is 0.749. The fraction of sp³-hybridized carbons (Fsp3) is 0.217. The number of rotatable bonds is 4. The van der Waals surface area contributed by atoms with E-state index in [0.717, 1.165) is 48.6 Å². The van der Waals surface area contributed by atoms with E-state index in [9.17, 15) is 4.79 Å². The molecule has 0 saturated carbocycles. The van der Waals surface area contributed by atoms with E-state index in [1.807, 2.05) is 59.5 Å². The number of fused-ring (bicyclic) bond motifs is 1. The van der Waals surface area contributed by atoms with Gasteiger partial charge in [0.1, 0.15) is 12.1 Å². The van der Waals surface area contributed by atoms with Crippen LogP contribution in [0.1, 0.15) is 10.4 Å². The quantitative estimate of drug-likeness (QED) is 0.554. The van der Waals surface area contributed by atoms with Gasteiger partial charge in [0, 0.05) is 37.4 Å². The van der Waals surface area contributed by atoms with Crippen LogP contribution in [-0.2, 0) is 0 Å². The molecular formula is C23H23N7O. The predicted octanol–water partition coefficient (Wildman–Crippen LogP) is 2.95. The Bertz CT molecular complexity index is 1200. The Morgan fingerprint density at radius 3 is 2.42 bits per heavy atom. The molecule has 0 bridgehead atoms. The number of nitrogens with one attached hydrogen (secondary N) is 1. The Balaban J connectivity index is 1.36. The Morgan fingerprint density at radius 1 is 0.935 bits per heavy atom. The van der Waals surface area contributed by atoms with E-state index in [0.29, 0.717) is 11.4 Å². The molecule has 2 aromatic carbocycles. The van der Waals surface area contributed by atoms with Crippen LogP contribution in [0.15, 0.2) is 67.1 Å². The lowest BCUT2D eigenvalue weighted by molar-refractivity contribution is 0.0664. The van der Waals surface area contributed by atoms with Crippen LogP contribution in [0.4, 0.5) is 11.5 Å². The fourth-order valence-corrected chi connectivity index (χ4v) is 3.73. The summed E-state index contributed by atoms with van der Waals surface area (Å²) >= 11 is 0. The van der Waals surface area contributed by atoms with Crippen LogP contribution in [0.2, 0.25) is 0 Å². The monoisotopic (exact) mass is 413 g/mol. The van der Waals surface area contributed by atoms with E-state index >= 15 is 0 Å². The molecule has 2 aromatic heterocycles. The Hall–Kier alpha value is -3.78. The topological polar surface area (TPSA) is 79.2 Å². The lowest BCUT2D eigenvalue weighted by Crippen LogP contribution is -2.47. The van der Waals surface area contributed by atoms with Gasteiger partial charge in [0.2, 0.25) is 0 Å². The van der Waals surface area contributed by atoms with Gasteiger partial charge in [-0.15, -0.1) is 0 Å². The first-order chi connectivity index (χ1) is 15.2. The zero-order valence-corrected chi connectivity index (χ0v) is 17.3. The van der Waals surface area contributed by atoms with E-state index in [1.54, 1.807) is 10.9 Å². The summed E-state index contributed by atoms with van der Waals surface area (Å²) < 4.78 is 1.79. The second-order valence-electron chi connectivity index (χ2n) is 7.65. The van der Waals surface area contributed by atoms with Gasteiger partial charge in [0.15, 0.2) is 5.65 Å². The number of piperazine rings is 1. The predicted molar refractivity (Wildman–Crippen MR) is 120 cm³/mol. The number of amides is 1. The number of nitrogens with zero attached hydrogens (tertiary/aromatic N) is 6. The van der Waals surface area contributed by atoms with Crippen LogP contribution in [-0.4, -0.2) is 68.7 Å². The first-order valence-corrected chi connectivity index (χ1v) is 10.3. The number of carbonyl (C=O) groups is 1. The minimum absolute atomic E-state index is 0.0771. The van der Waals surface area contributed by atoms with Crippen LogP contribution in [0.5, 0.6) is 0 Å². The van der Waals surface area contributed by atoms with Crippen LogP contribution in [0.25, 0.3) is 16.7 Å². The highest BCUT2D eigenvalue weighted by Crippen LogP contribution is 2.25. The maximum Gasteiger partial charge on any atom is 0.253 e. The van der Waals surface area contributed by atoms with Gasteiger partial charge in [-0.25, -0.2) is 14.6 Å². The van der Waals surface area contributed by atoms with Crippen LogP contribution in [0, 0.1) is 0 Å². The number of carbonyl (C=O) groups excluding carboxylic acids is 1. The molecule has 3 heterocycles. The van der Waals surface area contributed by atoms with E-state index in [-0.39, 0.29) is 5.91 Å². The molecule has 4 aromatic rings. The van der Waals surface area contributed by atoms with E-state index in [2.05, 4.69) is 32.3 Å².